The van der Waals surface area contributed by atoms with Crippen molar-refractivity contribution < 1.29 is 14.3 Å². The van der Waals surface area contributed by atoms with Gasteiger partial charge in [-0.2, -0.15) is 5.26 Å². The van der Waals surface area contributed by atoms with Gasteiger partial charge in [-0.15, -0.1) is 0 Å². The maximum Gasteiger partial charge on any atom is 0.224 e. The molecule has 0 saturated heterocycles. The summed E-state index contributed by atoms with van der Waals surface area (Å²) in [5.41, 5.74) is 1.06. The van der Waals surface area contributed by atoms with Crippen LogP contribution in [0.25, 0.3) is 0 Å². The highest BCUT2D eigenvalue weighted by Gasteiger charge is 2.27. The van der Waals surface area contributed by atoms with Gasteiger partial charge in [-0.25, -0.2) is 4.39 Å². The lowest BCUT2D eigenvalue weighted by Gasteiger charge is -2.28. The molecule has 0 saturated carbocycles. The van der Waals surface area contributed by atoms with E-state index < -0.39 is 5.41 Å². The third kappa shape index (κ3) is 5.64. The van der Waals surface area contributed by atoms with E-state index >= 15 is 0 Å². The quantitative estimate of drug-likeness (QED) is 0.662. The van der Waals surface area contributed by atoms with E-state index in [0.717, 1.165) is 11.1 Å². The second-order valence-corrected chi connectivity index (χ2v) is 7.35. The summed E-state index contributed by atoms with van der Waals surface area (Å²) in [7, 11) is 0. The zero-order valence-electron chi connectivity index (χ0n) is 16.4. The predicted octanol–water partition coefficient (Wildman–Crippen LogP) is 4.19. The molecule has 2 aromatic rings. The fraction of sp³-hybridized carbons (Fsp3) is 0.391. The van der Waals surface area contributed by atoms with Crippen molar-refractivity contribution >= 4 is 5.91 Å². The summed E-state index contributed by atoms with van der Waals surface area (Å²) in [4.78, 5) is 14.1. The van der Waals surface area contributed by atoms with Crippen molar-refractivity contribution in [1.29, 1.82) is 5.26 Å². The monoisotopic (exact) mass is 382 g/mol. The first-order valence-corrected chi connectivity index (χ1v) is 9.51. The lowest BCUT2D eigenvalue weighted by atomic mass is 9.79. The summed E-state index contributed by atoms with van der Waals surface area (Å²) in [5, 5.41) is 19.3. The van der Waals surface area contributed by atoms with Crippen LogP contribution in [0.5, 0.6) is 0 Å². The van der Waals surface area contributed by atoms with E-state index in [4.69, 9.17) is 0 Å². The molecule has 2 rings (SSSR count). The van der Waals surface area contributed by atoms with E-state index in [1.165, 1.54) is 17.0 Å². The molecule has 0 fully saturated rings. The standard InChI is InChI=1S/C23H27FN2O2/c1-18(15-19-7-4-3-5-8-19)26(17-27)22(28)9-6-14-23(2,16-25)20-10-12-21(24)13-11-20/h3-5,7-8,10-13,18,27H,6,9,14-15,17H2,1-2H3. The Kier molecular flexibility index (Phi) is 7.71. The third-order valence-corrected chi connectivity index (χ3v) is 5.17. The Balaban J connectivity index is 1.93. The van der Waals surface area contributed by atoms with E-state index in [-0.39, 0.29) is 30.9 Å². The van der Waals surface area contributed by atoms with Crippen LogP contribution in [0, 0.1) is 17.1 Å². The highest BCUT2D eigenvalue weighted by atomic mass is 19.1. The van der Waals surface area contributed by atoms with Gasteiger partial charge in [0, 0.05) is 12.5 Å². The number of amides is 1. The SMILES string of the molecule is CC(Cc1ccccc1)N(CO)C(=O)CCCC(C)(C#N)c1ccc(F)cc1. The van der Waals surface area contributed by atoms with E-state index in [2.05, 4.69) is 6.07 Å². The Labute approximate surface area is 166 Å². The minimum Gasteiger partial charge on any atom is -0.376 e. The predicted molar refractivity (Wildman–Crippen MR) is 107 cm³/mol. The van der Waals surface area contributed by atoms with Crippen LogP contribution < -0.4 is 0 Å². The van der Waals surface area contributed by atoms with Crippen molar-refractivity contribution in [1.82, 2.24) is 4.90 Å². The molecule has 5 heteroatoms. The molecular weight excluding hydrogens is 355 g/mol. The summed E-state index contributed by atoms with van der Waals surface area (Å²) in [6.45, 7) is 3.38. The minimum absolute atomic E-state index is 0.126. The van der Waals surface area contributed by atoms with E-state index in [1.54, 1.807) is 19.1 Å². The Bertz CT molecular complexity index is 802. The van der Waals surface area contributed by atoms with Crippen LogP contribution in [-0.4, -0.2) is 28.7 Å². The molecule has 0 aliphatic heterocycles. The Morgan fingerprint density at radius 1 is 1.21 bits per heavy atom. The molecule has 28 heavy (non-hydrogen) atoms. The number of benzene rings is 2. The van der Waals surface area contributed by atoms with Crippen molar-refractivity contribution in [3.8, 4) is 6.07 Å². The summed E-state index contributed by atoms with van der Waals surface area (Å²) < 4.78 is 13.1. The molecule has 0 bridgehead atoms. The van der Waals surface area contributed by atoms with Gasteiger partial charge in [-0.1, -0.05) is 42.5 Å². The molecule has 2 aromatic carbocycles. The normalized spacial score (nSPS) is 14.0. The maximum atomic E-state index is 13.1. The molecule has 0 heterocycles. The van der Waals surface area contributed by atoms with Crippen molar-refractivity contribution in [2.24, 2.45) is 0 Å². The van der Waals surface area contributed by atoms with Crippen LogP contribution in [0.4, 0.5) is 4.39 Å². The highest BCUT2D eigenvalue weighted by molar-refractivity contribution is 5.76. The molecule has 1 N–H and O–H groups in total. The number of nitrogens with zero attached hydrogens (tertiary/aromatic N) is 2. The molecule has 0 aliphatic rings. The van der Waals surface area contributed by atoms with Crippen LogP contribution >= 0.6 is 0 Å². The number of rotatable bonds is 9. The van der Waals surface area contributed by atoms with Crippen LogP contribution in [0.1, 0.15) is 44.2 Å². The molecule has 1 amide bonds. The van der Waals surface area contributed by atoms with Gasteiger partial charge < -0.3 is 10.0 Å². The van der Waals surface area contributed by atoms with Crippen LogP contribution in [-0.2, 0) is 16.6 Å². The van der Waals surface area contributed by atoms with Crippen molar-refractivity contribution in [2.75, 3.05) is 6.73 Å². The molecule has 4 nitrogen and oxygen atoms in total. The second kappa shape index (κ2) is 10.0. The fourth-order valence-corrected chi connectivity index (χ4v) is 3.35. The molecule has 2 unspecified atom stereocenters. The van der Waals surface area contributed by atoms with Crippen LogP contribution in [0.3, 0.4) is 0 Å². The summed E-state index contributed by atoms with van der Waals surface area (Å²) in [6, 6.07) is 17.9. The molecule has 0 aromatic heterocycles. The number of carbonyl (C=O) groups excluding carboxylic acids is 1. The topological polar surface area (TPSA) is 64.3 Å². The number of hydrogen-bond acceptors (Lipinski definition) is 3. The number of carbonyl (C=O) groups is 1. The largest absolute Gasteiger partial charge is 0.376 e. The number of nitriles is 1. The van der Waals surface area contributed by atoms with Gasteiger partial charge in [0.1, 0.15) is 12.5 Å². The summed E-state index contributed by atoms with van der Waals surface area (Å²) in [5.74, 6) is -0.476. The number of hydrogen-bond donors (Lipinski definition) is 1. The van der Waals surface area contributed by atoms with Crippen LogP contribution in [0.15, 0.2) is 54.6 Å². The maximum absolute atomic E-state index is 13.1. The summed E-state index contributed by atoms with van der Waals surface area (Å²) >= 11 is 0. The molecule has 0 spiro atoms. The van der Waals surface area contributed by atoms with Crippen molar-refractivity contribution in [3.05, 3.63) is 71.5 Å². The summed E-state index contributed by atoms with van der Waals surface area (Å²) in [6.07, 6.45) is 1.90. The molecular formula is C23H27FN2O2. The fourth-order valence-electron chi connectivity index (χ4n) is 3.35. The highest BCUT2D eigenvalue weighted by Crippen LogP contribution is 2.29. The average molecular weight is 382 g/mol. The van der Waals surface area contributed by atoms with Crippen molar-refractivity contribution in [3.63, 3.8) is 0 Å². The molecule has 148 valence electrons. The van der Waals surface area contributed by atoms with E-state index in [9.17, 15) is 19.6 Å². The zero-order chi connectivity index (χ0) is 20.6. The van der Waals surface area contributed by atoms with Gasteiger partial charge in [0.25, 0.3) is 0 Å². The second-order valence-electron chi connectivity index (χ2n) is 7.35. The number of aliphatic hydroxyl groups is 1. The number of halogens is 1. The minimum atomic E-state index is -0.784. The van der Waals surface area contributed by atoms with E-state index in [0.29, 0.717) is 19.3 Å². The van der Waals surface area contributed by atoms with Gasteiger partial charge >= 0.3 is 0 Å². The van der Waals surface area contributed by atoms with Gasteiger partial charge in [0.2, 0.25) is 5.91 Å². The zero-order valence-corrected chi connectivity index (χ0v) is 16.4. The lowest BCUT2D eigenvalue weighted by Crippen LogP contribution is -2.40. The van der Waals surface area contributed by atoms with Gasteiger partial charge in [-0.3, -0.25) is 4.79 Å². The smallest absolute Gasteiger partial charge is 0.224 e. The Morgan fingerprint density at radius 2 is 1.86 bits per heavy atom. The first-order valence-electron chi connectivity index (χ1n) is 9.51. The first-order chi connectivity index (χ1) is 13.4. The lowest BCUT2D eigenvalue weighted by molar-refractivity contribution is -0.137. The molecule has 0 radical (unpaired) electrons. The van der Waals surface area contributed by atoms with Gasteiger partial charge in [0.15, 0.2) is 0 Å². The first kappa shape index (κ1) is 21.6. The van der Waals surface area contributed by atoms with Crippen LogP contribution in [0.2, 0.25) is 0 Å². The van der Waals surface area contributed by atoms with Gasteiger partial charge in [0.05, 0.1) is 11.5 Å². The average Bonchev–Trinajstić information content (AvgIpc) is 2.69. The molecule has 0 aliphatic carbocycles. The molecule has 2 atom stereocenters. The number of aliphatic hydroxyl groups excluding tert-OH is 1. The third-order valence-electron chi connectivity index (χ3n) is 5.17. The van der Waals surface area contributed by atoms with E-state index in [1.807, 2.05) is 37.3 Å². The van der Waals surface area contributed by atoms with Gasteiger partial charge in [-0.05, 0) is 56.4 Å². The Hall–Kier alpha value is -2.71. The van der Waals surface area contributed by atoms with Crippen molar-refractivity contribution in [2.45, 2.75) is 51.0 Å². The Morgan fingerprint density at radius 3 is 2.43 bits per heavy atom.